The summed E-state index contributed by atoms with van der Waals surface area (Å²) >= 11 is 3.23. The lowest BCUT2D eigenvalue weighted by Crippen LogP contribution is -2.25. The van der Waals surface area contributed by atoms with E-state index in [4.69, 9.17) is 5.73 Å². The SMILES string of the molecule is Nc1ncc(Sc2ncnc3c2CNCC3)cc1Sc1ccccc1. The van der Waals surface area contributed by atoms with Gasteiger partial charge in [-0.1, -0.05) is 41.7 Å². The van der Waals surface area contributed by atoms with Crippen molar-refractivity contribution in [3.8, 4) is 0 Å². The van der Waals surface area contributed by atoms with Gasteiger partial charge in [0.2, 0.25) is 0 Å². The van der Waals surface area contributed by atoms with E-state index in [-0.39, 0.29) is 0 Å². The van der Waals surface area contributed by atoms with Crippen molar-refractivity contribution in [3.05, 3.63) is 60.2 Å². The Bertz CT molecular complexity index is 886. The van der Waals surface area contributed by atoms with E-state index in [1.165, 1.54) is 5.56 Å². The average molecular weight is 368 g/mol. The van der Waals surface area contributed by atoms with Gasteiger partial charge in [-0.25, -0.2) is 15.0 Å². The highest BCUT2D eigenvalue weighted by Gasteiger charge is 2.16. The van der Waals surface area contributed by atoms with Crippen molar-refractivity contribution in [2.24, 2.45) is 0 Å². The van der Waals surface area contributed by atoms with Crippen molar-refractivity contribution in [2.75, 3.05) is 12.3 Å². The molecule has 3 heterocycles. The summed E-state index contributed by atoms with van der Waals surface area (Å²) in [6.07, 6.45) is 4.40. The lowest BCUT2D eigenvalue weighted by Gasteiger charge is -2.18. The summed E-state index contributed by atoms with van der Waals surface area (Å²) in [5.41, 5.74) is 8.39. The number of hydrogen-bond donors (Lipinski definition) is 2. The number of nitrogens with zero attached hydrogens (tertiary/aromatic N) is 3. The zero-order valence-corrected chi connectivity index (χ0v) is 15.1. The van der Waals surface area contributed by atoms with Gasteiger partial charge in [0.25, 0.3) is 0 Å². The molecule has 126 valence electrons. The summed E-state index contributed by atoms with van der Waals surface area (Å²) in [4.78, 5) is 16.4. The Kier molecular flexibility index (Phi) is 4.87. The van der Waals surface area contributed by atoms with Gasteiger partial charge in [-0.15, -0.1) is 0 Å². The molecule has 0 spiro atoms. The van der Waals surface area contributed by atoms with E-state index in [0.29, 0.717) is 5.82 Å². The van der Waals surface area contributed by atoms with Gasteiger partial charge >= 0.3 is 0 Å². The fraction of sp³-hybridized carbons (Fsp3) is 0.167. The number of anilines is 1. The highest BCUT2D eigenvalue weighted by Crippen LogP contribution is 2.36. The largest absolute Gasteiger partial charge is 0.383 e. The first-order valence-corrected chi connectivity index (χ1v) is 9.62. The number of nitrogen functional groups attached to an aromatic ring is 1. The summed E-state index contributed by atoms with van der Waals surface area (Å²) < 4.78 is 0. The van der Waals surface area contributed by atoms with E-state index < -0.39 is 0 Å². The van der Waals surface area contributed by atoms with Crippen molar-refractivity contribution in [3.63, 3.8) is 0 Å². The Hall–Kier alpha value is -2.09. The summed E-state index contributed by atoms with van der Waals surface area (Å²) in [7, 11) is 0. The summed E-state index contributed by atoms with van der Waals surface area (Å²) in [6.45, 7) is 1.78. The van der Waals surface area contributed by atoms with Gasteiger partial charge in [-0.2, -0.15) is 0 Å². The zero-order valence-electron chi connectivity index (χ0n) is 13.5. The van der Waals surface area contributed by atoms with Gasteiger partial charge in [-0.05, 0) is 18.2 Å². The monoisotopic (exact) mass is 367 g/mol. The molecule has 0 bridgehead atoms. The minimum Gasteiger partial charge on any atom is -0.383 e. The number of benzene rings is 1. The zero-order chi connectivity index (χ0) is 17.1. The lowest BCUT2D eigenvalue weighted by molar-refractivity contribution is 0.611. The lowest BCUT2D eigenvalue weighted by atomic mass is 10.1. The minimum absolute atomic E-state index is 0.546. The van der Waals surface area contributed by atoms with Crippen LogP contribution in [0, 0.1) is 0 Å². The second-order valence-corrected chi connectivity index (χ2v) is 7.78. The van der Waals surface area contributed by atoms with Crippen LogP contribution >= 0.6 is 23.5 Å². The Labute approximate surface area is 154 Å². The topological polar surface area (TPSA) is 76.7 Å². The molecule has 1 aromatic carbocycles. The molecule has 25 heavy (non-hydrogen) atoms. The molecule has 3 N–H and O–H groups in total. The predicted octanol–water partition coefficient (Wildman–Crippen LogP) is 3.40. The van der Waals surface area contributed by atoms with Crippen molar-refractivity contribution in [1.29, 1.82) is 0 Å². The first kappa shape index (κ1) is 16.4. The summed E-state index contributed by atoms with van der Waals surface area (Å²) in [6, 6.07) is 12.3. The molecule has 4 rings (SSSR count). The van der Waals surface area contributed by atoms with Crippen LogP contribution in [0.25, 0.3) is 0 Å². The quantitative estimate of drug-likeness (QED) is 0.684. The first-order chi connectivity index (χ1) is 12.3. The smallest absolute Gasteiger partial charge is 0.137 e. The molecule has 1 aliphatic heterocycles. The maximum Gasteiger partial charge on any atom is 0.137 e. The van der Waals surface area contributed by atoms with E-state index >= 15 is 0 Å². The van der Waals surface area contributed by atoms with Crippen LogP contribution in [0.15, 0.2) is 68.6 Å². The standard InChI is InChI=1S/C18H17N5S2/c19-17-16(24-12-4-2-1-3-5-12)8-13(9-21-17)25-18-14-10-20-7-6-15(14)22-11-23-18/h1-5,8-9,11,20H,6-7,10H2,(H2,19,21). The van der Waals surface area contributed by atoms with Gasteiger partial charge in [-0.3, -0.25) is 0 Å². The van der Waals surface area contributed by atoms with Crippen LogP contribution < -0.4 is 11.1 Å². The molecule has 0 radical (unpaired) electrons. The van der Waals surface area contributed by atoms with Crippen molar-refractivity contribution >= 4 is 29.3 Å². The maximum absolute atomic E-state index is 6.06. The fourth-order valence-corrected chi connectivity index (χ4v) is 4.52. The van der Waals surface area contributed by atoms with E-state index in [2.05, 4.69) is 38.5 Å². The Balaban J connectivity index is 1.61. The summed E-state index contributed by atoms with van der Waals surface area (Å²) in [5, 5.41) is 4.37. The average Bonchev–Trinajstić information content (AvgIpc) is 2.66. The third-order valence-corrected chi connectivity index (χ3v) is 5.94. The third kappa shape index (κ3) is 3.78. The molecule has 3 aromatic rings. The minimum atomic E-state index is 0.546. The van der Waals surface area contributed by atoms with Crippen LogP contribution in [0.5, 0.6) is 0 Å². The number of hydrogen-bond acceptors (Lipinski definition) is 7. The van der Waals surface area contributed by atoms with Crippen LogP contribution in [0.1, 0.15) is 11.3 Å². The maximum atomic E-state index is 6.06. The van der Waals surface area contributed by atoms with E-state index in [1.807, 2.05) is 18.2 Å². The van der Waals surface area contributed by atoms with E-state index in [0.717, 1.165) is 44.9 Å². The summed E-state index contributed by atoms with van der Waals surface area (Å²) in [5.74, 6) is 0.546. The van der Waals surface area contributed by atoms with Crippen molar-refractivity contribution in [2.45, 2.75) is 32.7 Å². The van der Waals surface area contributed by atoms with Gasteiger partial charge in [0, 0.05) is 41.1 Å². The van der Waals surface area contributed by atoms with E-state index in [1.54, 1.807) is 36.0 Å². The van der Waals surface area contributed by atoms with Crippen LogP contribution in [0.3, 0.4) is 0 Å². The molecule has 2 aromatic heterocycles. The number of nitrogens with one attached hydrogen (secondary N) is 1. The van der Waals surface area contributed by atoms with Crippen molar-refractivity contribution in [1.82, 2.24) is 20.3 Å². The predicted molar refractivity (Wildman–Crippen MR) is 101 cm³/mol. The molecule has 0 unspecified atom stereocenters. The number of nitrogens with two attached hydrogens (primary N) is 1. The van der Waals surface area contributed by atoms with Crippen LogP contribution in [0.2, 0.25) is 0 Å². The second-order valence-electron chi connectivity index (χ2n) is 5.60. The third-order valence-electron chi connectivity index (χ3n) is 3.88. The molecular weight excluding hydrogens is 350 g/mol. The number of pyridine rings is 1. The molecular formula is C18H17N5S2. The highest BCUT2D eigenvalue weighted by molar-refractivity contribution is 8.00. The van der Waals surface area contributed by atoms with Crippen molar-refractivity contribution < 1.29 is 0 Å². The second kappa shape index (κ2) is 7.43. The molecule has 7 heteroatoms. The first-order valence-electron chi connectivity index (χ1n) is 7.99. The van der Waals surface area contributed by atoms with Crippen LogP contribution in [0.4, 0.5) is 5.82 Å². The van der Waals surface area contributed by atoms with Gasteiger partial charge < -0.3 is 11.1 Å². The molecule has 1 aliphatic rings. The molecule has 0 saturated carbocycles. The van der Waals surface area contributed by atoms with Gasteiger partial charge in [0.05, 0.1) is 10.6 Å². The van der Waals surface area contributed by atoms with Gasteiger partial charge in [0.1, 0.15) is 17.2 Å². The number of rotatable bonds is 4. The molecule has 0 amide bonds. The Morgan fingerprint density at radius 2 is 1.88 bits per heavy atom. The van der Waals surface area contributed by atoms with Gasteiger partial charge in [0.15, 0.2) is 0 Å². The van der Waals surface area contributed by atoms with Crippen LogP contribution in [-0.4, -0.2) is 21.5 Å². The van der Waals surface area contributed by atoms with E-state index in [9.17, 15) is 0 Å². The molecule has 0 saturated heterocycles. The Morgan fingerprint density at radius 1 is 1.00 bits per heavy atom. The molecule has 0 aliphatic carbocycles. The Morgan fingerprint density at radius 3 is 2.76 bits per heavy atom. The molecule has 5 nitrogen and oxygen atoms in total. The number of aromatic nitrogens is 3. The number of fused-ring (bicyclic) bond motifs is 1. The normalized spacial score (nSPS) is 13.4. The highest BCUT2D eigenvalue weighted by atomic mass is 32.2. The molecule has 0 fully saturated rings. The molecule has 0 atom stereocenters. The fourth-order valence-electron chi connectivity index (χ4n) is 2.63. The van der Waals surface area contributed by atoms with Crippen LogP contribution in [-0.2, 0) is 13.0 Å².